The number of aliphatic hydroxyl groups excluding tert-OH is 1. The molecule has 63 valence electrons. The van der Waals surface area contributed by atoms with Crippen LogP contribution >= 0.6 is 0 Å². The highest BCUT2D eigenvalue weighted by Crippen LogP contribution is 1.90. The minimum absolute atomic E-state index is 0.0598. The molecule has 0 saturated carbocycles. The van der Waals surface area contributed by atoms with E-state index in [0.29, 0.717) is 6.42 Å². The molecule has 5 heteroatoms. The van der Waals surface area contributed by atoms with Gasteiger partial charge in [0, 0.05) is 13.0 Å². The van der Waals surface area contributed by atoms with Crippen molar-refractivity contribution < 1.29 is 24.2 Å². The molecule has 1 radical (unpaired) electrons. The molecule has 0 rings (SSSR count). The van der Waals surface area contributed by atoms with Crippen molar-refractivity contribution in [3.8, 4) is 0 Å². The van der Waals surface area contributed by atoms with Crippen molar-refractivity contribution in [1.29, 1.82) is 0 Å². The summed E-state index contributed by atoms with van der Waals surface area (Å²) in [6.45, 7) is 0.634. The number of ether oxygens (including phenoxy) is 2. The van der Waals surface area contributed by atoms with Crippen LogP contribution in [-0.4, -0.2) is 30.9 Å². The molecule has 0 fully saturated rings. The van der Waals surface area contributed by atoms with Crippen LogP contribution in [0.3, 0.4) is 0 Å². The third-order valence-corrected chi connectivity index (χ3v) is 0.877. The van der Waals surface area contributed by atoms with Gasteiger partial charge in [-0.25, -0.2) is 4.79 Å². The fraction of sp³-hybridized carbons (Fsp3) is 0.667. The first kappa shape index (κ1) is 9.90. The second kappa shape index (κ2) is 7.01. The van der Waals surface area contributed by atoms with Crippen molar-refractivity contribution >= 4 is 12.4 Å². The van der Waals surface area contributed by atoms with E-state index < -0.39 is 12.8 Å². The topological polar surface area (TPSA) is 72.8 Å². The maximum absolute atomic E-state index is 10.5. The Bertz CT molecular complexity index is 122. The standard InChI is InChI=1S/C6H9O5/c7-3-1-2-6(9)11-5-10-4-8/h7H,1-3,5H2. The Morgan fingerprint density at radius 1 is 1.55 bits per heavy atom. The number of hydrogen-bond donors (Lipinski definition) is 1. The van der Waals surface area contributed by atoms with Gasteiger partial charge in [0.2, 0.25) is 6.79 Å². The highest BCUT2D eigenvalue weighted by molar-refractivity contribution is 5.69. The minimum Gasteiger partial charge on any atom is -0.428 e. The number of aliphatic hydroxyl groups is 1. The average Bonchev–Trinajstić information content (AvgIpc) is 2.01. The van der Waals surface area contributed by atoms with Crippen molar-refractivity contribution in [3.63, 3.8) is 0 Å². The molecular weight excluding hydrogens is 152 g/mol. The lowest BCUT2D eigenvalue weighted by molar-refractivity contribution is -0.151. The van der Waals surface area contributed by atoms with Gasteiger partial charge in [-0.2, -0.15) is 0 Å². The van der Waals surface area contributed by atoms with Gasteiger partial charge in [-0.3, -0.25) is 4.79 Å². The number of carbonyl (C=O) groups is 1. The molecule has 0 heterocycles. The molecule has 0 amide bonds. The highest BCUT2D eigenvalue weighted by Gasteiger charge is 2.00. The van der Waals surface area contributed by atoms with Crippen molar-refractivity contribution in [2.24, 2.45) is 0 Å². The highest BCUT2D eigenvalue weighted by atomic mass is 16.7. The zero-order valence-electron chi connectivity index (χ0n) is 5.91. The summed E-state index contributed by atoms with van der Waals surface area (Å²) in [5.74, 6) is -0.505. The zero-order valence-corrected chi connectivity index (χ0v) is 5.91. The molecule has 0 aliphatic carbocycles. The van der Waals surface area contributed by atoms with Gasteiger partial charge in [0.1, 0.15) is 0 Å². The lowest BCUT2D eigenvalue weighted by Crippen LogP contribution is -2.08. The molecule has 0 spiro atoms. The third-order valence-electron chi connectivity index (χ3n) is 0.877. The maximum atomic E-state index is 10.5. The van der Waals surface area contributed by atoms with Crippen molar-refractivity contribution in [2.45, 2.75) is 12.8 Å². The lowest BCUT2D eigenvalue weighted by atomic mass is 10.3. The van der Waals surface area contributed by atoms with Crippen LogP contribution in [-0.2, 0) is 19.1 Å². The number of rotatable bonds is 6. The average molecular weight is 161 g/mol. The Kier molecular flexibility index (Phi) is 6.31. The summed E-state index contributed by atoms with van der Waals surface area (Å²) in [5, 5.41) is 8.29. The van der Waals surface area contributed by atoms with E-state index in [1.54, 1.807) is 0 Å². The summed E-state index contributed by atoms with van der Waals surface area (Å²) in [6.07, 6.45) is 0.475. The first-order valence-corrected chi connectivity index (χ1v) is 3.06. The predicted octanol–water partition coefficient (Wildman–Crippen LogP) is -0.657. The van der Waals surface area contributed by atoms with E-state index in [4.69, 9.17) is 5.11 Å². The van der Waals surface area contributed by atoms with Crippen LogP contribution in [0.1, 0.15) is 12.8 Å². The first-order chi connectivity index (χ1) is 5.31. The summed E-state index contributed by atoms with van der Waals surface area (Å²) < 4.78 is 8.32. The molecule has 5 nitrogen and oxygen atoms in total. The van der Waals surface area contributed by atoms with Crippen LogP contribution in [0, 0.1) is 0 Å². The predicted molar refractivity (Wildman–Crippen MR) is 34.1 cm³/mol. The summed E-state index contributed by atoms with van der Waals surface area (Å²) in [5.41, 5.74) is 0. The van der Waals surface area contributed by atoms with E-state index in [0.717, 1.165) is 6.47 Å². The van der Waals surface area contributed by atoms with Crippen LogP contribution in [0.4, 0.5) is 0 Å². The van der Waals surface area contributed by atoms with Crippen LogP contribution in [0.2, 0.25) is 0 Å². The monoisotopic (exact) mass is 161 g/mol. The fourth-order valence-electron chi connectivity index (χ4n) is 0.415. The van der Waals surface area contributed by atoms with Gasteiger partial charge in [0.15, 0.2) is 0 Å². The summed E-state index contributed by atoms with van der Waals surface area (Å²) in [4.78, 5) is 20.0. The van der Waals surface area contributed by atoms with Crippen molar-refractivity contribution in [1.82, 2.24) is 0 Å². The van der Waals surface area contributed by atoms with Gasteiger partial charge in [-0.15, -0.1) is 0 Å². The second-order valence-electron chi connectivity index (χ2n) is 1.69. The van der Waals surface area contributed by atoms with E-state index in [2.05, 4.69) is 9.47 Å². The Hall–Kier alpha value is -1.10. The van der Waals surface area contributed by atoms with Crippen molar-refractivity contribution in [3.05, 3.63) is 0 Å². The van der Waals surface area contributed by atoms with Gasteiger partial charge >= 0.3 is 12.4 Å². The van der Waals surface area contributed by atoms with Crippen LogP contribution < -0.4 is 0 Å². The second-order valence-corrected chi connectivity index (χ2v) is 1.69. The molecule has 0 atom stereocenters. The fourth-order valence-corrected chi connectivity index (χ4v) is 0.415. The molecule has 0 aromatic carbocycles. The Morgan fingerprint density at radius 3 is 2.82 bits per heavy atom. The van der Waals surface area contributed by atoms with Gasteiger partial charge in [0.05, 0.1) is 0 Å². The Morgan fingerprint density at radius 2 is 2.27 bits per heavy atom. The molecule has 0 aliphatic rings. The molecular formula is C6H9O5. The molecule has 0 aromatic rings. The smallest absolute Gasteiger partial charge is 0.420 e. The van der Waals surface area contributed by atoms with Gasteiger partial charge in [0.25, 0.3) is 0 Å². The summed E-state index contributed by atoms with van der Waals surface area (Å²) >= 11 is 0. The number of hydrogen-bond acceptors (Lipinski definition) is 5. The number of carbonyl (C=O) groups excluding carboxylic acids is 2. The SMILES string of the molecule is O=[C]OCOC(=O)CCCO. The minimum atomic E-state index is -0.505. The quantitative estimate of drug-likeness (QED) is 0.318. The molecule has 0 unspecified atom stereocenters. The van der Waals surface area contributed by atoms with E-state index in [1.807, 2.05) is 0 Å². The zero-order chi connectivity index (χ0) is 8.53. The van der Waals surface area contributed by atoms with Crippen LogP contribution in [0.15, 0.2) is 0 Å². The third kappa shape index (κ3) is 6.79. The van der Waals surface area contributed by atoms with Crippen LogP contribution in [0.25, 0.3) is 0 Å². The van der Waals surface area contributed by atoms with E-state index in [1.165, 1.54) is 0 Å². The number of esters is 1. The van der Waals surface area contributed by atoms with Gasteiger partial charge in [-0.1, -0.05) is 0 Å². The largest absolute Gasteiger partial charge is 0.428 e. The van der Waals surface area contributed by atoms with Crippen molar-refractivity contribution in [2.75, 3.05) is 13.4 Å². The first-order valence-electron chi connectivity index (χ1n) is 3.06. The molecule has 0 aliphatic heterocycles. The summed E-state index contributed by atoms with van der Waals surface area (Å²) in [7, 11) is 0. The van der Waals surface area contributed by atoms with Gasteiger partial charge in [-0.05, 0) is 6.42 Å². The summed E-state index contributed by atoms with van der Waals surface area (Å²) in [6, 6.07) is 0. The maximum Gasteiger partial charge on any atom is 0.420 e. The van der Waals surface area contributed by atoms with E-state index in [-0.39, 0.29) is 13.0 Å². The molecule has 0 aromatic heterocycles. The molecule has 11 heavy (non-hydrogen) atoms. The normalized spacial score (nSPS) is 8.82. The van der Waals surface area contributed by atoms with Gasteiger partial charge < -0.3 is 14.6 Å². The van der Waals surface area contributed by atoms with E-state index in [9.17, 15) is 9.59 Å². The van der Waals surface area contributed by atoms with Crippen LogP contribution in [0.5, 0.6) is 0 Å². The molecule has 0 saturated heterocycles. The Labute approximate surface area is 63.9 Å². The van der Waals surface area contributed by atoms with E-state index >= 15 is 0 Å². The molecule has 0 bridgehead atoms. The molecule has 1 N–H and O–H groups in total. The lowest BCUT2D eigenvalue weighted by Gasteiger charge is -2.00. The Balaban J connectivity index is 3.15.